The van der Waals surface area contributed by atoms with Gasteiger partial charge in [-0.05, 0) is 38.5 Å². The molecule has 0 spiro atoms. The van der Waals surface area contributed by atoms with Crippen LogP contribution in [0.3, 0.4) is 0 Å². The molecule has 0 saturated carbocycles. The molecule has 0 bridgehead atoms. The van der Waals surface area contributed by atoms with Crippen molar-refractivity contribution in [2.75, 3.05) is 26.4 Å². The highest BCUT2D eigenvalue weighted by Crippen LogP contribution is 2.11. The van der Waals surface area contributed by atoms with Crippen molar-refractivity contribution in [1.29, 1.82) is 0 Å². The van der Waals surface area contributed by atoms with Crippen molar-refractivity contribution in [3.63, 3.8) is 0 Å². The molecule has 0 aromatic carbocycles. The first-order valence-electron chi connectivity index (χ1n) is 11.7. The van der Waals surface area contributed by atoms with Crippen LogP contribution in [0.1, 0.15) is 79.1 Å². The fraction of sp³-hybridized carbons (Fsp3) is 1.00. The summed E-state index contributed by atoms with van der Waals surface area (Å²) in [6.45, 7) is 11.8. The van der Waals surface area contributed by atoms with Crippen molar-refractivity contribution in [3.8, 4) is 0 Å². The molecule has 0 rings (SSSR count). The van der Waals surface area contributed by atoms with Gasteiger partial charge in [0.05, 0.1) is 0 Å². The van der Waals surface area contributed by atoms with E-state index >= 15 is 0 Å². The minimum absolute atomic E-state index is 0.0179. The summed E-state index contributed by atoms with van der Waals surface area (Å²) >= 11 is 0. The van der Waals surface area contributed by atoms with Gasteiger partial charge in [-0.25, -0.2) is 0 Å². The Kier molecular flexibility index (Phi) is 23.8. The van der Waals surface area contributed by atoms with E-state index in [2.05, 4.69) is 27.7 Å². The lowest BCUT2D eigenvalue weighted by atomic mass is 10.3. The van der Waals surface area contributed by atoms with Gasteiger partial charge in [-0.2, -0.15) is 0 Å². The third-order valence-electron chi connectivity index (χ3n) is 4.10. The maximum atomic E-state index is 5.80. The van der Waals surface area contributed by atoms with Crippen molar-refractivity contribution < 1.29 is 18.9 Å². The molecule has 28 heavy (non-hydrogen) atoms. The molecule has 0 heterocycles. The van der Waals surface area contributed by atoms with Gasteiger partial charge in [-0.1, -0.05) is 64.7 Å². The molecule has 0 aliphatic rings. The Bertz CT molecular complexity index is 252. The Morgan fingerprint density at radius 1 is 0.500 bits per heavy atom. The van der Waals surface area contributed by atoms with Gasteiger partial charge in [0.25, 0.3) is 0 Å². The molecule has 0 atom stereocenters. The molecule has 4 radical (unpaired) electrons. The van der Waals surface area contributed by atoms with Crippen LogP contribution in [-0.2, 0) is 18.9 Å². The van der Waals surface area contributed by atoms with Crippen LogP contribution in [0.4, 0.5) is 0 Å². The number of ether oxygens (including phenoxy) is 4. The maximum Gasteiger partial charge on any atom is 0.157 e. The third-order valence-corrected chi connectivity index (χ3v) is 7.22. The van der Waals surface area contributed by atoms with Gasteiger partial charge in [0.2, 0.25) is 0 Å². The van der Waals surface area contributed by atoms with E-state index in [-0.39, 0.29) is 12.6 Å². The predicted octanol–water partition coefficient (Wildman–Crippen LogP) is 5.99. The zero-order chi connectivity index (χ0) is 20.7. The lowest BCUT2D eigenvalue weighted by Gasteiger charge is -2.18. The second kappa shape index (κ2) is 23.6. The first kappa shape index (κ1) is 28.3. The summed E-state index contributed by atoms with van der Waals surface area (Å²) in [5.74, 6) is 0. The summed E-state index contributed by atoms with van der Waals surface area (Å²) in [5, 5.41) is 0. The second-order valence-corrected chi connectivity index (χ2v) is 10.1. The summed E-state index contributed by atoms with van der Waals surface area (Å²) in [7, 11) is 2.18. The van der Waals surface area contributed by atoms with E-state index in [0.717, 1.165) is 84.0 Å². The van der Waals surface area contributed by atoms with Crippen molar-refractivity contribution in [2.45, 2.75) is 116 Å². The zero-order valence-electron chi connectivity index (χ0n) is 19.1. The van der Waals surface area contributed by atoms with Gasteiger partial charge in [0, 0.05) is 45.5 Å². The van der Waals surface area contributed by atoms with Crippen LogP contribution in [0.25, 0.3) is 0 Å². The van der Waals surface area contributed by atoms with Gasteiger partial charge in [-0.15, -0.1) is 0 Å². The van der Waals surface area contributed by atoms with Gasteiger partial charge < -0.3 is 18.9 Å². The lowest BCUT2D eigenvalue weighted by molar-refractivity contribution is -0.146. The van der Waals surface area contributed by atoms with Gasteiger partial charge >= 0.3 is 0 Å². The fourth-order valence-electron chi connectivity index (χ4n) is 2.64. The highest BCUT2D eigenvalue weighted by Gasteiger charge is 2.09. The Labute approximate surface area is 180 Å². The summed E-state index contributed by atoms with van der Waals surface area (Å²) in [6, 6.07) is 5.42. The molecule has 0 aromatic rings. The van der Waals surface area contributed by atoms with E-state index in [0.29, 0.717) is 0 Å². The highest BCUT2D eigenvalue weighted by atomic mass is 28.2. The Morgan fingerprint density at radius 3 is 1.11 bits per heavy atom. The average molecular weight is 431 g/mol. The molecule has 0 fully saturated rings. The van der Waals surface area contributed by atoms with Crippen LogP contribution < -0.4 is 0 Å². The standard InChI is InChI=1S/C22H46O4Si2/c1-5-13-23-21(24-14-6-2)11-9-17-27-19-20-28-18-10-12-22(25-15-7-3)26-16-8-4/h21-22H,5-20H2,1-4H3. The summed E-state index contributed by atoms with van der Waals surface area (Å²) < 4.78 is 23.2. The Morgan fingerprint density at radius 2 is 0.821 bits per heavy atom. The van der Waals surface area contributed by atoms with Crippen molar-refractivity contribution in [1.82, 2.24) is 0 Å². The van der Waals surface area contributed by atoms with E-state index in [1.807, 2.05) is 0 Å². The van der Waals surface area contributed by atoms with Gasteiger partial charge in [-0.3, -0.25) is 0 Å². The average Bonchev–Trinajstić information content (AvgIpc) is 2.72. The molecule has 6 heteroatoms. The molecular weight excluding hydrogens is 384 g/mol. The first-order valence-corrected chi connectivity index (χ1v) is 14.5. The van der Waals surface area contributed by atoms with E-state index < -0.39 is 0 Å². The second-order valence-electron chi connectivity index (χ2n) is 7.13. The minimum Gasteiger partial charge on any atom is -0.353 e. The van der Waals surface area contributed by atoms with Crippen LogP contribution in [0.15, 0.2) is 0 Å². The molecule has 166 valence electrons. The number of rotatable bonds is 23. The maximum absolute atomic E-state index is 5.80. The monoisotopic (exact) mass is 430 g/mol. The van der Waals surface area contributed by atoms with Crippen LogP contribution >= 0.6 is 0 Å². The third kappa shape index (κ3) is 19.6. The predicted molar refractivity (Wildman–Crippen MR) is 122 cm³/mol. The molecule has 0 saturated heterocycles. The van der Waals surface area contributed by atoms with Crippen LogP contribution in [-0.4, -0.2) is 58.0 Å². The van der Waals surface area contributed by atoms with Crippen molar-refractivity contribution >= 4 is 19.0 Å². The first-order chi connectivity index (χ1) is 13.8. The van der Waals surface area contributed by atoms with Gasteiger partial charge in [0.1, 0.15) is 0 Å². The zero-order valence-corrected chi connectivity index (χ0v) is 21.1. The minimum atomic E-state index is 0.0179. The Hall–Kier alpha value is 0.274. The highest BCUT2D eigenvalue weighted by molar-refractivity contribution is 6.42. The molecule has 0 aliphatic heterocycles. The summed E-state index contributed by atoms with van der Waals surface area (Å²) in [6.07, 6.45) is 8.83. The number of hydrogen-bond acceptors (Lipinski definition) is 4. The van der Waals surface area contributed by atoms with E-state index in [1.54, 1.807) is 0 Å². The molecular formula is C22H46O4Si2. The summed E-state index contributed by atoms with van der Waals surface area (Å²) in [5.41, 5.74) is 0. The largest absolute Gasteiger partial charge is 0.353 e. The van der Waals surface area contributed by atoms with E-state index in [4.69, 9.17) is 18.9 Å². The van der Waals surface area contributed by atoms with Crippen molar-refractivity contribution in [2.24, 2.45) is 0 Å². The number of hydrogen-bond donors (Lipinski definition) is 0. The van der Waals surface area contributed by atoms with E-state index in [9.17, 15) is 0 Å². The normalized spacial score (nSPS) is 11.8. The molecule has 0 unspecified atom stereocenters. The topological polar surface area (TPSA) is 36.9 Å². The lowest BCUT2D eigenvalue weighted by Crippen LogP contribution is -2.18. The van der Waals surface area contributed by atoms with Crippen molar-refractivity contribution in [3.05, 3.63) is 0 Å². The molecule has 0 aliphatic carbocycles. The molecule has 0 aromatic heterocycles. The smallest absolute Gasteiger partial charge is 0.157 e. The fourth-order valence-corrected chi connectivity index (χ4v) is 5.46. The quantitative estimate of drug-likeness (QED) is 0.113. The Balaban J connectivity index is 3.55. The SMILES string of the molecule is CCCOC(CCC[Si]CC[Si]CCCC(OCCC)OCCC)OCCC. The van der Waals surface area contributed by atoms with E-state index in [1.165, 1.54) is 37.0 Å². The van der Waals surface area contributed by atoms with Crippen LogP contribution in [0, 0.1) is 0 Å². The molecule has 0 N–H and O–H groups in total. The van der Waals surface area contributed by atoms with Crippen LogP contribution in [0.5, 0.6) is 0 Å². The van der Waals surface area contributed by atoms with Crippen LogP contribution in [0.2, 0.25) is 24.2 Å². The van der Waals surface area contributed by atoms with Gasteiger partial charge in [0.15, 0.2) is 12.6 Å². The molecule has 0 amide bonds. The molecule has 4 nitrogen and oxygen atoms in total. The summed E-state index contributed by atoms with van der Waals surface area (Å²) in [4.78, 5) is 0.